The van der Waals surface area contributed by atoms with Gasteiger partial charge in [-0.05, 0) is 25.1 Å². The molecule has 2 heterocycles. The van der Waals surface area contributed by atoms with E-state index in [0.29, 0.717) is 17.7 Å². The average Bonchev–Trinajstić information content (AvgIpc) is 2.83. The lowest BCUT2D eigenvalue weighted by molar-refractivity contribution is -0.00566. The molecule has 8 heteroatoms. The van der Waals surface area contributed by atoms with Crippen LogP contribution in [-0.2, 0) is 9.16 Å². The first-order valence-electron chi connectivity index (χ1n) is 8.22. The number of nitrogens with zero attached hydrogens (tertiary/aromatic N) is 1. The van der Waals surface area contributed by atoms with Crippen LogP contribution in [0.25, 0.3) is 0 Å². The molecule has 0 saturated carbocycles. The van der Waals surface area contributed by atoms with E-state index in [2.05, 4.69) is 51.5 Å². The molecule has 1 aromatic heterocycles. The second kappa shape index (κ2) is 6.82. The zero-order valence-electron chi connectivity index (χ0n) is 15.3. The molecule has 0 aromatic carbocycles. The van der Waals surface area contributed by atoms with Crippen LogP contribution in [0.15, 0.2) is 15.8 Å². The fourth-order valence-corrected chi connectivity index (χ4v) is 4.19. The Labute approximate surface area is 149 Å². The molecule has 0 bridgehead atoms. The number of ether oxygens (including phenoxy) is 1. The average molecular weight is 373 g/mol. The van der Waals surface area contributed by atoms with Crippen molar-refractivity contribution in [1.82, 2.24) is 9.55 Å². The molecule has 1 aromatic rings. The molecule has 0 amide bonds. The zero-order chi connectivity index (χ0) is 18.3. The Morgan fingerprint density at radius 3 is 2.58 bits per heavy atom. The van der Waals surface area contributed by atoms with Crippen LogP contribution < -0.4 is 11.2 Å². The van der Waals surface area contributed by atoms with E-state index in [-0.39, 0.29) is 22.8 Å². The van der Waals surface area contributed by atoms with Crippen LogP contribution in [-0.4, -0.2) is 35.8 Å². The molecule has 2 rings (SSSR count). The third-order valence-electron chi connectivity index (χ3n) is 5.07. The smallest absolute Gasteiger partial charge is 0.330 e. The molecule has 1 fully saturated rings. The Morgan fingerprint density at radius 1 is 1.42 bits per heavy atom. The zero-order valence-corrected chi connectivity index (χ0v) is 17.1. The van der Waals surface area contributed by atoms with Gasteiger partial charge in [0.05, 0.1) is 12.2 Å². The van der Waals surface area contributed by atoms with Gasteiger partial charge in [0.25, 0.3) is 5.56 Å². The molecule has 0 spiro atoms. The minimum atomic E-state index is -1.95. The highest BCUT2D eigenvalue weighted by Gasteiger charge is 2.44. The highest BCUT2D eigenvalue weighted by atomic mass is 32.1. The first-order chi connectivity index (χ1) is 11.0. The summed E-state index contributed by atoms with van der Waals surface area (Å²) >= 11 is 4.38. The topological polar surface area (TPSA) is 73.3 Å². The van der Waals surface area contributed by atoms with Crippen molar-refractivity contribution in [3.05, 3.63) is 32.6 Å². The number of hydrogen-bond acceptors (Lipinski definition) is 5. The summed E-state index contributed by atoms with van der Waals surface area (Å²) in [6, 6.07) is 0. The van der Waals surface area contributed by atoms with Gasteiger partial charge in [-0.3, -0.25) is 14.3 Å². The van der Waals surface area contributed by atoms with E-state index in [1.165, 1.54) is 4.57 Å². The van der Waals surface area contributed by atoms with Crippen molar-refractivity contribution in [2.75, 3.05) is 5.75 Å². The summed E-state index contributed by atoms with van der Waals surface area (Å²) in [7, 11) is -1.95. The van der Waals surface area contributed by atoms with Crippen molar-refractivity contribution in [3.63, 3.8) is 0 Å². The van der Waals surface area contributed by atoms with E-state index in [9.17, 15) is 9.59 Å². The summed E-state index contributed by atoms with van der Waals surface area (Å²) in [5.41, 5.74) is -0.343. The van der Waals surface area contributed by atoms with Crippen LogP contribution >= 0.6 is 12.6 Å². The van der Waals surface area contributed by atoms with Gasteiger partial charge in [-0.25, -0.2) is 4.79 Å². The summed E-state index contributed by atoms with van der Waals surface area (Å²) in [6.07, 6.45) is 1.40. The first kappa shape index (κ1) is 19.5. The highest BCUT2D eigenvalue weighted by molar-refractivity contribution is 7.80. The molecule has 136 valence electrons. The summed E-state index contributed by atoms with van der Waals surface area (Å²) in [5, 5.41) is 0.0949. The van der Waals surface area contributed by atoms with E-state index in [0.717, 1.165) is 0 Å². The minimum absolute atomic E-state index is 0.0949. The number of nitrogens with one attached hydrogen (secondary N) is 1. The van der Waals surface area contributed by atoms with E-state index in [4.69, 9.17) is 9.16 Å². The van der Waals surface area contributed by atoms with Gasteiger partial charge < -0.3 is 9.16 Å². The van der Waals surface area contributed by atoms with E-state index in [1.54, 1.807) is 13.1 Å². The Balaban J connectivity index is 2.25. The first-order valence-corrected chi connectivity index (χ1v) is 11.8. The normalized spacial score (nSPS) is 25.2. The molecule has 1 N–H and O–H groups in total. The maximum atomic E-state index is 12.1. The molecule has 0 radical (unpaired) electrons. The molecule has 6 nitrogen and oxygen atoms in total. The lowest BCUT2D eigenvalue weighted by atomic mass is 10.2. The van der Waals surface area contributed by atoms with E-state index in [1.807, 2.05) is 0 Å². The van der Waals surface area contributed by atoms with Crippen LogP contribution in [0.5, 0.6) is 0 Å². The Kier molecular flexibility index (Phi) is 5.54. The number of aromatic amines is 1. The van der Waals surface area contributed by atoms with Crippen LogP contribution in [0, 0.1) is 6.92 Å². The number of rotatable bonds is 4. The fourth-order valence-electron chi connectivity index (χ4n) is 2.51. The molecule has 1 aliphatic rings. The molecule has 3 atom stereocenters. The molecule has 0 aliphatic carbocycles. The molecule has 24 heavy (non-hydrogen) atoms. The second-order valence-corrected chi connectivity index (χ2v) is 13.1. The number of hydrogen-bond donors (Lipinski definition) is 2. The molecule has 1 unspecified atom stereocenters. The fraction of sp³-hybridized carbons (Fsp3) is 0.750. The predicted molar refractivity (Wildman–Crippen MR) is 101 cm³/mol. The van der Waals surface area contributed by atoms with E-state index < -0.39 is 20.2 Å². The van der Waals surface area contributed by atoms with Crippen LogP contribution in [0.3, 0.4) is 0 Å². The maximum Gasteiger partial charge on any atom is 0.330 e. The van der Waals surface area contributed by atoms with Gasteiger partial charge >= 0.3 is 5.69 Å². The third kappa shape index (κ3) is 3.87. The van der Waals surface area contributed by atoms with Gasteiger partial charge in [0.2, 0.25) is 0 Å². The van der Waals surface area contributed by atoms with Crippen molar-refractivity contribution in [1.29, 1.82) is 0 Å². The highest BCUT2D eigenvalue weighted by Crippen LogP contribution is 2.41. The van der Waals surface area contributed by atoms with Crippen molar-refractivity contribution in [2.45, 2.75) is 70.7 Å². The minimum Gasteiger partial charge on any atom is -0.411 e. The second-order valence-electron chi connectivity index (χ2n) is 7.94. The molecule has 1 aliphatic heterocycles. The van der Waals surface area contributed by atoms with Crippen molar-refractivity contribution in [2.24, 2.45) is 0 Å². The SMILES string of the molecule is Cc1cn([C@H]2CC(O[Si](C)(C)C(C)(C)C)[C@@H](CS)O2)c(=O)[nH]c1=O. The number of H-pyrrole nitrogens is 1. The van der Waals surface area contributed by atoms with Gasteiger partial charge in [0.1, 0.15) is 6.23 Å². The Hall–Kier alpha value is -0.833. The number of aryl methyl sites for hydroxylation is 1. The van der Waals surface area contributed by atoms with Gasteiger partial charge in [-0.15, -0.1) is 0 Å². The summed E-state index contributed by atoms with van der Waals surface area (Å²) in [4.78, 5) is 26.0. The largest absolute Gasteiger partial charge is 0.411 e. The van der Waals surface area contributed by atoms with Crippen LogP contribution in [0.4, 0.5) is 0 Å². The maximum absolute atomic E-state index is 12.1. The summed E-state index contributed by atoms with van der Waals surface area (Å²) in [6.45, 7) is 12.6. The Bertz CT molecular complexity index is 707. The molecular formula is C16H28N2O4SSi. The van der Waals surface area contributed by atoms with Crippen molar-refractivity contribution < 1.29 is 9.16 Å². The van der Waals surface area contributed by atoms with Crippen LogP contribution in [0.2, 0.25) is 18.1 Å². The summed E-state index contributed by atoms with van der Waals surface area (Å²) in [5.74, 6) is 0.521. The standard InChI is InChI=1S/C16H28N2O4SSi/c1-10-8-18(15(20)17-14(10)19)13-7-11(12(9-23)21-13)22-24(5,6)16(2,3)4/h8,11-13,23H,7,9H2,1-6H3,(H,17,19,20)/t11?,12-,13-/m1/s1. The number of thiol groups is 1. The van der Waals surface area contributed by atoms with Crippen molar-refractivity contribution >= 4 is 20.9 Å². The van der Waals surface area contributed by atoms with E-state index >= 15 is 0 Å². The third-order valence-corrected chi connectivity index (χ3v) is 9.93. The number of aromatic nitrogens is 2. The quantitative estimate of drug-likeness (QED) is 0.629. The lowest BCUT2D eigenvalue weighted by Gasteiger charge is -2.39. The van der Waals surface area contributed by atoms with Gasteiger partial charge in [0, 0.05) is 23.9 Å². The van der Waals surface area contributed by atoms with Crippen molar-refractivity contribution in [3.8, 4) is 0 Å². The lowest BCUT2D eigenvalue weighted by Crippen LogP contribution is -2.46. The van der Waals surface area contributed by atoms with Gasteiger partial charge in [-0.2, -0.15) is 12.6 Å². The predicted octanol–water partition coefficient (Wildman–Crippen LogP) is 2.45. The summed E-state index contributed by atoms with van der Waals surface area (Å²) < 4.78 is 13.9. The Morgan fingerprint density at radius 2 is 2.04 bits per heavy atom. The molecular weight excluding hydrogens is 344 g/mol. The molecule has 1 saturated heterocycles. The monoisotopic (exact) mass is 372 g/mol. The van der Waals surface area contributed by atoms with Gasteiger partial charge in [0.15, 0.2) is 8.32 Å². The van der Waals surface area contributed by atoms with Gasteiger partial charge in [-0.1, -0.05) is 20.8 Å². The van der Waals surface area contributed by atoms with Crippen LogP contribution in [0.1, 0.15) is 39.0 Å².